The number of aromatic nitrogens is 1. The molecule has 0 aliphatic rings. The second-order valence-electron chi connectivity index (χ2n) is 4.80. The number of nitrogens with one attached hydrogen (secondary N) is 1. The quantitative estimate of drug-likeness (QED) is 0.685. The van der Waals surface area contributed by atoms with E-state index in [2.05, 4.69) is 5.32 Å². The number of carbonyl (C=O) groups excluding carboxylic acids is 1. The average molecular weight is 270 g/mol. The molecule has 1 amide bonds. The third kappa shape index (κ3) is 3.35. The fraction of sp³-hybridized carbons (Fsp3) is 0.250. The molecule has 1 aromatic carbocycles. The van der Waals surface area contributed by atoms with Crippen LogP contribution in [0.25, 0.3) is 0 Å². The zero-order valence-corrected chi connectivity index (χ0v) is 11.7. The van der Waals surface area contributed by atoms with Crippen LogP contribution in [0.5, 0.6) is 0 Å². The van der Waals surface area contributed by atoms with E-state index < -0.39 is 0 Å². The molecule has 20 heavy (non-hydrogen) atoms. The third-order valence-corrected chi connectivity index (χ3v) is 3.23. The monoisotopic (exact) mass is 270 g/mol. The zero-order valence-electron chi connectivity index (χ0n) is 11.7. The molecule has 0 fully saturated rings. The Morgan fingerprint density at radius 2 is 2.00 bits per heavy atom. The number of hydrogen-bond donors (Lipinski definition) is 1. The maximum absolute atomic E-state index is 12.1. The third-order valence-electron chi connectivity index (χ3n) is 3.23. The minimum Gasteiger partial charge on any atom is -0.619 e. The summed E-state index contributed by atoms with van der Waals surface area (Å²) in [7, 11) is 0. The summed E-state index contributed by atoms with van der Waals surface area (Å²) in [6.07, 6.45) is 3.42. The molecule has 1 N–H and O–H groups in total. The van der Waals surface area contributed by atoms with Crippen molar-refractivity contribution in [3.05, 3.63) is 70.7 Å². The van der Waals surface area contributed by atoms with Crippen LogP contribution in [0.4, 0.5) is 0 Å². The first-order valence-corrected chi connectivity index (χ1v) is 6.66. The van der Waals surface area contributed by atoms with Crippen LogP contribution < -0.4 is 10.0 Å². The van der Waals surface area contributed by atoms with Crippen LogP contribution in [-0.2, 0) is 0 Å². The number of rotatable bonds is 4. The molecule has 1 aromatic heterocycles. The summed E-state index contributed by atoms with van der Waals surface area (Å²) < 4.78 is 0.627. The Hall–Kier alpha value is -2.36. The van der Waals surface area contributed by atoms with Crippen LogP contribution in [0, 0.1) is 12.1 Å². The van der Waals surface area contributed by atoms with Gasteiger partial charge in [0.05, 0.1) is 6.04 Å². The van der Waals surface area contributed by atoms with Gasteiger partial charge in [-0.25, -0.2) is 0 Å². The highest BCUT2D eigenvalue weighted by molar-refractivity contribution is 5.93. The van der Waals surface area contributed by atoms with Gasteiger partial charge in [0.25, 0.3) is 5.91 Å². The van der Waals surface area contributed by atoms with Gasteiger partial charge in [0.15, 0.2) is 12.4 Å². The first-order chi connectivity index (χ1) is 9.60. The minimum absolute atomic E-state index is 0.0524. The van der Waals surface area contributed by atoms with Crippen molar-refractivity contribution in [1.29, 1.82) is 0 Å². The molecule has 0 saturated carbocycles. The predicted octanol–water partition coefficient (Wildman–Crippen LogP) is 2.51. The van der Waals surface area contributed by atoms with E-state index in [1.807, 2.05) is 38.1 Å². The van der Waals surface area contributed by atoms with Gasteiger partial charge in [-0.1, -0.05) is 36.8 Å². The summed E-state index contributed by atoms with van der Waals surface area (Å²) >= 11 is 0. The normalized spacial score (nSPS) is 11.9. The molecule has 4 heteroatoms. The van der Waals surface area contributed by atoms with Gasteiger partial charge in [-0.15, -0.1) is 0 Å². The van der Waals surface area contributed by atoms with Gasteiger partial charge < -0.3 is 10.5 Å². The van der Waals surface area contributed by atoms with Crippen molar-refractivity contribution < 1.29 is 9.52 Å². The van der Waals surface area contributed by atoms with Crippen molar-refractivity contribution in [3.8, 4) is 0 Å². The summed E-state index contributed by atoms with van der Waals surface area (Å²) in [4.78, 5) is 12.1. The van der Waals surface area contributed by atoms with E-state index in [-0.39, 0.29) is 11.9 Å². The predicted molar refractivity (Wildman–Crippen MR) is 77.1 cm³/mol. The van der Waals surface area contributed by atoms with E-state index in [4.69, 9.17) is 0 Å². The minimum atomic E-state index is -0.234. The SMILES string of the molecule is CCC(NC(=O)c1ccc[n+]([O-])c1)c1ccc(C)cc1. The van der Waals surface area contributed by atoms with Gasteiger partial charge in [0, 0.05) is 6.07 Å². The number of pyridine rings is 1. The van der Waals surface area contributed by atoms with Crippen molar-refractivity contribution in [3.63, 3.8) is 0 Å². The Bertz CT molecular complexity index is 594. The molecule has 0 aliphatic carbocycles. The van der Waals surface area contributed by atoms with E-state index in [1.54, 1.807) is 12.1 Å². The van der Waals surface area contributed by atoms with Gasteiger partial charge in [0.2, 0.25) is 0 Å². The second-order valence-corrected chi connectivity index (χ2v) is 4.80. The molecular formula is C16H18N2O2. The van der Waals surface area contributed by atoms with Gasteiger partial charge in [-0.3, -0.25) is 4.79 Å². The van der Waals surface area contributed by atoms with Crippen LogP contribution in [0.15, 0.2) is 48.8 Å². The van der Waals surface area contributed by atoms with Gasteiger partial charge in [0.1, 0.15) is 5.56 Å². The molecule has 4 nitrogen and oxygen atoms in total. The van der Waals surface area contributed by atoms with E-state index in [9.17, 15) is 10.0 Å². The first-order valence-electron chi connectivity index (χ1n) is 6.66. The van der Waals surface area contributed by atoms with Gasteiger partial charge >= 0.3 is 0 Å². The van der Waals surface area contributed by atoms with Crippen LogP contribution in [0.2, 0.25) is 0 Å². The van der Waals surface area contributed by atoms with Crippen molar-refractivity contribution in [2.75, 3.05) is 0 Å². The topological polar surface area (TPSA) is 56.0 Å². The molecule has 1 heterocycles. The smallest absolute Gasteiger partial charge is 0.257 e. The van der Waals surface area contributed by atoms with Crippen molar-refractivity contribution >= 4 is 5.91 Å². The molecule has 0 bridgehead atoms. The van der Waals surface area contributed by atoms with Crippen LogP contribution in [-0.4, -0.2) is 5.91 Å². The van der Waals surface area contributed by atoms with Gasteiger partial charge in [-0.2, -0.15) is 4.73 Å². The van der Waals surface area contributed by atoms with Crippen LogP contribution in [0.3, 0.4) is 0 Å². The lowest BCUT2D eigenvalue weighted by Gasteiger charge is -2.17. The lowest BCUT2D eigenvalue weighted by Crippen LogP contribution is -2.32. The van der Waals surface area contributed by atoms with Crippen molar-refractivity contribution in [1.82, 2.24) is 5.32 Å². The van der Waals surface area contributed by atoms with Crippen molar-refractivity contribution in [2.24, 2.45) is 0 Å². The van der Waals surface area contributed by atoms with Crippen molar-refractivity contribution in [2.45, 2.75) is 26.3 Å². The number of aryl methyl sites for hydroxylation is 1. The average Bonchev–Trinajstić information content (AvgIpc) is 2.45. The Kier molecular flexibility index (Phi) is 4.35. The number of benzene rings is 1. The molecular weight excluding hydrogens is 252 g/mol. The number of carbonyl (C=O) groups is 1. The molecule has 104 valence electrons. The molecule has 2 aromatic rings. The fourth-order valence-electron chi connectivity index (χ4n) is 2.05. The summed E-state index contributed by atoms with van der Waals surface area (Å²) in [5, 5.41) is 14.1. The molecule has 0 radical (unpaired) electrons. The first kappa shape index (κ1) is 14.1. The second kappa shape index (κ2) is 6.19. The molecule has 1 atom stereocenters. The highest BCUT2D eigenvalue weighted by Gasteiger charge is 2.15. The molecule has 1 unspecified atom stereocenters. The summed E-state index contributed by atoms with van der Waals surface area (Å²) in [5.74, 6) is -0.234. The number of hydrogen-bond acceptors (Lipinski definition) is 2. The Morgan fingerprint density at radius 3 is 2.60 bits per heavy atom. The zero-order chi connectivity index (χ0) is 14.5. The lowest BCUT2D eigenvalue weighted by atomic mass is 10.0. The van der Waals surface area contributed by atoms with Gasteiger partial charge in [-0.05, 0) is 25.0 Å². The summed E-state index contributed by atoms with van der Waals surface area (Å²) in [6.45, 7) is 4.05. The molecule has 0 saturated heterocycles. The van der Waals surface area contributed by atoms with E-state index in [1.165, 1.54) is 18.0 Å². The molecule has 2 rings (SSSR count). The Morgan fingerprint density at radius 1 is 1.30 bits per heavy atom. The highest BCUT2D eigenvalue weighted by atomic mass is 16.5. The summed E-state index contributed by atoms with van der Waals surface area (Å²) in [6, 6.07) is 11.2. The van der Waals surface area contributed by atoms with E-state index >= 15 is 0 Å². The Balaban J connectivity index is 2.14. The van der Waals surface area contributed by atoms with E-state index in [0.717, 1.165) is 12.0 Å². The Labute approximate surface area is 118 Å². The number of nitrogens with zero attached hydrogens (tertiary/aromatic N) is 1. The van der Waals surface area contributed by atoms with Crippen LogP contribution >= 0.6 is 0 Å². The fourth-order valence-corrected chi connectivity index (χ4v) is 2.05. The number of amides is 1. The summed E-state index contributed by atoms with van der Waals surface area (Å²) in [5.41, 5.74) is 2.62. The largest absolute Gasteiger partial charge is 0.619 e. The highest BCUT2D eigenvalue weighted by Crippen LogP contribution is 2.17. The lowest BCUT2D eigenvalue weighted by molar-refractivity contribution is -0.605. The maximum Gasteiger partial charge on any atom is 0.257 e. The van der Waals surface area contributed by atoms with Crippen LogP contribution in [0.1, 0.15) is 40.9 Å². The maximum atomic E-state index is 12.1. The van der Waals surface area contributed by atoms with E-state index in [0.29, 0.717) is 10.3 Å². The molecule has 0 spiro atoms. The molecule has 0 aliphatic heterocycles. The standard InChI is InChI=1S/C16H18N2O2/c1-3-15(13-8-6-12(2)7-9-13)17-16(19)14-5-4-10-18(20)11-14/h4-11,15H,3H2,1-2H3,(H,17,19).